The molecule has 0 aliphatic heterocycles. The van der Waals surface area contributed by atoms with Gasteiger partial charge in [-0.25, -0.2) is 0 Å². The van der Waals surface area contributed by atoms with Crippen molar-refractivity contribution in [2.24, 2.45) is 5.92 Å². The van der Waals surface area contributed by atoms with Gasteiger partial charge < -0.3 is 9.88 Å². The molecule has 0 saturated heterocycles. The molecule has 3 rings (SSSR count). The standard InChI is InChI=1S/C19H28N4OS2/c1-13(2)6-7-14(3)20-18(24)12-26-19-22-21-17(23(19)15-8-9-15)11-16-5-4-10-25-16/h4-5,10,13-15H,6-9,11-12H2,1-3H3,(H,20,24)/t14-/m1/s1. The van der Waals surface area contributed by atoms with E-state index < -0.39 is 0 Å². The summed E-state index contributed by atoms with van der Waals surface area (Å²) >= 11 is 3.25. The van der Waals surface area contributed by atoms with Gasteiger partial charge in [-0.2, -0.15) is 0 Å². The van der Waals surface area contributed by atoms with Gasteiger partial charge in [-0.1, -0.05) is 31.7 Å². The van der Waals surface area contributed by atoms with Gasteiger partial charge in [-0.05, 0) is 50.0 Å². The van der Waals surface area contributed by atoms with Crippen molar-refractivity contribution in [3.63, 3.8) is 0 Å². The van der Waals surface area contributed by atoms with E-state index in [1.54, 1.807) is 11.3 Å². The van der Waals surface area contributed by atoms with E-state index in [1.807, 2.05) is 0 Å². The molecule has 1 N–H and O–H groups in total. The average Bonchev–Trinajstić information content (AvgIpc) is 3.14. The molecule has 0 aromatic carbocycles. The molecule has 2 aromatic rings. The van der Waals surface area contributed by atoms with Gasteiger partial charge in [0.15, 0.2) is 5.16 Å². The van der Waals surface area contributed by atoms with Gasteiger partial charge in [0.1, 0.15) is 5.82 Å². The maximum Gasteiger partial charge on any atom is 0.230 e. The summed E-state index contributed by atoms with van der Waals surface area (Å²) in [5.74, 6) is 2.16. The first kappa shape index (κ1) is 19.4. The lowest BCUT2D eigenvalue weighted by atomic mass is 10.0. The fourth-order valence-corrected chi connectivity index (χ4v) is 4.43. The molecule has 0 bridgehead atoms. The highest BCUT2D eigenvalue weighted by Crippen LogP contribution is 2.39. The summed E-state index contributed by atoms with van der Waals surface area (Å²) in [7, 11) is 0. The van der Waals surface area contributed by atoms with Crippen LogP contribution in [0.1, 0.15) is 63.2 Å². The number of thioether (sulfide) groups is 1. The van der Waals surface area contributed by atoms with Crippen molar-refractivity contribution >= 4 is 29.0 Å². The predicted octanol–water partition coefficient (Wildman–Crippen LogP) is 4.30. The molecule has 26 heavy (non-hydrogen) atoms. The van der Waals surface area contributed by atoms with Crippen LogP contribution in [-0.2, 0) is 11.2 Å². The minimum absolute atomic E-state index is 0.0800. The Hall–Kier alpha value is -1.34. The van der Waals surface area contributed by atoms with Crippen LogP contribution in [-0.4, -0.2) is 32.5 Å². The third-order valence-corrected chi connectivity index (χ3v) is 6.30. The third-order valence-electron chi connectivity index (χ3n) is 4.48. The zero-order chi connectivity index (χ0) is 18.5. The number of aromatic nitrogens is 3. The summed E-state index contributed by atoms with van der Waals surface area (Å²) < 4.78 is 2.25. The first-order chi connectivity index (χ1) is 12.5. The fraction of sp³-hybridized carbons (Fsp3) is 0.632. The number of thiophene rings is 1. The van der Waals surface area contributed by atoms with E-state index in [0.29, 0.717) is 17.7 Å². The van der Waals surface area contributed by atoms with E-state index in [9.17, 15) is 4.79 Å². The van der Waals surface area contributed by atoms with E-state index >= 15 is 0 Å². The topological polar surface area (TPSA) is 59.8 Å². The van der Waals surface area contributed by atoms with E-state index in [2.05, 4.69) is 58.4 Å². The normalized spacial score (nSPS) is 15.4. The molecule has 2 heterocycles. The second kappa shape index (κ2) is 9.04. The number of carbonyl (C=O) groups excluding carboxylic acids is 1. The molecule has 142 valence electrons. The Bertz CT molecular complexity index is 707. The molecule has 1 aliphatic rings. The Balaban J connectivity index is 1.54. The van der Waals surface area contributed by atoms with Gasteiger partial charge in [0.25, 0.3) is 0 Å². The maximum atomic E-state index is 12.2. The third kappa shape index (κ3) is 5.58. The first-order valence-electron chi connectivity index (χ1n) is 9.41. The summed E-state index contributed by atoms with van der Waals surface area (Å²) in [5.41, 5.74) is 0. The van der Waals surface area contributed by atoms with Gasteiger partial charge in [0.05, 0.1) is 5.75 Å². The van der Waals surface area contributed by atoms with Crippen LogP contribution in [0.5, 0.6) is 0 Å². The van der Waals surface area contributed by atoms with Crippen molar-refractivity contribution in [3.8, 4) is 0 Å². The van der Waals surface area contributed by atoms with Gasteiger partial charge in [-0.3, -0.25) is 4.79 Å². The molecule has 1 aliphatic carbocycles. The Morgan fingerprint density at radius 1 is 1.35 bits per heavy atom. The Morgan fingerprint density at radius 2 is 2.15 bits per heavy atom. The summed E-state index contributed by atoms with van der Waals surface area (Å²) in [4.78, 5) is 13.5. The number of nitrogens with one attached hydrogen (secondary N) is 1. The number of carbonyl (C=O) groups is 1. The molecule has 0 unspecified atom stereocenters. The van der Waals surface area contributed by atoms with E-state index in [0.717, 1.165) is 30.2 Å². The Labute approximate surface area is 164 Å². The number of nitrogens with zero attached hydrogens (tertiary/aromatic N) is 3. The van der Waals surface area contributed by atoms with Crippen LogP contribution in [0.2, 0.25) is 0 Å². The molecule has 1 atom stereocenters. The van der Waals surface area contributed by atoms with E-state index in [1.165, 1.54) is 29.5 Å². The number of hydrogen-bond donors (Lipinski definition) is 1. The highest BCUT2D eigenvalue weighted by Gasteiger charge is 2.30. The molecule has 1 fully saturated rings. The summed E-state index contributed by atoms with van der Waals surface area (Å²) in [6.07, 6.45) is 5.34. The van der Waals surface area contributed by atoms with Gasteiger partial charge in [-0.15, -0.1) is 21.5 Å². The fourth-order valence-electron chi connectivity index (χ4n) is 2.90. The van der Waals surface area contributed by atoms with Crippen LogP contribution in [0.15, 0.2) is 22.7 Å². The molecule has 0 spiro atoms. The van der Waals surface area contributed by atoms with Gasteiger partial charge in [0, 0.05) is 23.4 Å². The Morgan fingerprint density at radius 3 is 2.81 bits per heavy atom. The van der Waals surface area contributed by atoms with Crippen LogP contribution >= 0.6 is 23.1 Å². The van der Waals surface area contributed by atoms with Crippen molar-refractivity contribution in [1.82, 2.24) is 20.1 Å². The van der Waals surface area contributed by atoms with E-state index in [-0.39, 0.29) is 11.9 Å². The summed E-state index contributed by atoms with van der Waals surface area (Å²) in [6.45, 7) is 6.50. The highest BCUT2D eigenvalue weighted by atomic mass is 32.2. The van der Waals surface area contributed by atoms with Crippen molar-refractivity contribution in [2.45, 2.75) is 70.1 Å². The first-order valence-corrected chi connectivity index (χ1v) is 11.3. The van der Waals surface area contributed by atoms with E-state index in [4.69, 9.17) is 0 Å². The highest BCUT2D eigenvalue weighted by molar-refractivity contribution is 7.99. The molecule has 1 amide bonds. The zero-order valence-electron chi connectivity index (χ0n) is 15.8. The molecule has 7 heteroatoms. The lowest BCUT2D eigenvalue weighted by molar-refractivity contribution is -0.119. The van der Waals surface area contributed by atoms with Crippen LogP contribution in [0, 0.1) is 5.92 Å². The molecule has 1 saturated carbocycles. The predicted molar refractivity (Wildman–Crippen MR) is 108 cm³/mol. The summed E-state index contributed by atoms with van der Waals surface area (Å²) in [5, 5.41) is 14.8. The molecule has 0 radical (unpaired) electrons. The second-order valence-electron chi connectivity index (χ2n) is 7.48. The largest absolute Gasteiger partial charge is 0.353 e. The van der Waals surface area contributed by atoms with Crippen molar-refractivity contribution in [2.75, 3.05) is 5.75 Å². The number of hydrogen-bond acceptors (Lipinski definition) is 5. The number of amides is 1. The monoisotopic (exact) mass is 392 g/mol. The average molecular weight is 393 g/mol. The van der Waals surface area contributed by atoms with Crippen LogP contribution in [0.4, 0.5) is 0 Å². The lowest BCUT2D eigenvalue weighted by Crippen LogP contribution is -2.34. The molecule has 2 aromatic heterocycles. The quantitative estimate of drug-likeness (QED) is 0.613. The number of rotatable bonds is 10. The smallest absolute Gasteiger partial charge is 0.230 e. The summed E-state index contributed by atoms with van der Waals surface area (Å²) in [6, 6.07) is 4.94. The minimum atomic E-state index is 0.0800. The van der Waals surface area contributed by atoms with Crippen molar-refractivity contribution < 1.29 is 4.79 Å². The lowest BCUT2D eigenvalue weighted by Gasteiger charge is -2.15. The van der Waals surface area contributed by atoms with Gasteiger partial charge in [0.2, 0.25) is 5.91 Å². The zero-order valence-corrected chi connectivity index (χ0v) is 17.4. The maximum absolute atomic E-state index is 12.2. The SMILES string of the molecule is CC(C)CC[C@@H](C)NC(=O)CSc1nnc(Cc2cccs2)n1C1CC1. The van der Waals surface area contributed by atoms with Gasteiger partial charge >= 0.3 is 0 Å². The Kier molecular flexibility index (Phi) is 6.75. The minimum Gasteiger partial charge on any atom is -0.353 e. The van der Waals surface area contributed by atoms with Crippen LogP contribution in [0.25, 0.3) is 0 Å². The van der Waals surface area contributed by atoms with Crippen LogP contribution in [0.3, 0.4) is 0 Å². The molecular formula is C19H28N4OS2. The molecule has 5 nitrogen and oxygen atoms in total. The van der Waals surface area contributed by atoms with Crippen LogP contribution < -0.4 is 5.32 Å². The molecular weight excluding hydrogens is 364 g/mol. The second-order valence-corrected chi connectivity index (χ2v) is 9.46. The van der Waals surface area contributed by atoms with Crippen molar-refractivity contribution in [1.29, 1.82) is 0 Å². The van der Waals surface area contributed by atoms with Crippen molar-refractivity contribution in [3.05, 3.63) is 28.2 Å².